The van der Waals surface area contributed by atoms with Gasteiger partial charge in [0.15, 0.2) is 0 Å². The summed E-state index contributed by atoms with van der Waals surface area (Å²) in [6.45, 7) is 3.61. The lowest BCUT2D eigenvalue weighted by Gasteiger charge is -2.26. The van der Waals surface area contributed by atoms with Crippen LogP contribution in [0, 0.1) is 13.8 Å². The molecule has 0 spiro atoms. The van der Waals surface area contributed by atoms with Gasteiger partial charge in [-0.15, -0.1) is 0 Å². The molecule has 0 unspecified atom stereocenters. The van der Waals surface area contributed by atoms with Crippen LogP contribution in [0.5, 0.6) is 0 Å². The molecule has 0 bridgehead atoms. The maximum absolute atomic E-state index is 12.6. The van der Waals surface area contributed by atoms with E-state index in [1.807, 2.05) is 13.0 Å². The van der Waals surface area contributed by atoms with Gasteiger partial charge >= 0.3 is 6.03 Å². The van der Waals surface area contributed by atoms with Crippen LogP contribution in [0.1, 0.15) is 17.1 Å². The molecule has 1 fully saturated rings. The number of nitrogens with one attached hydrogen (secondary N) is 1. The van der Waals surface area contributed by atoms with Crippen LogP contribution in [-0.2, 0) is 9.59 Å². The van der Waals surface area contributed by atoms with Crippen molar-refractivity contribution in [1.29, 1.82) is 0 Å². The van der Waals surface area contributed by atoms with Crippen LogP contribution in [0.2, 0.25) is 0 Å². The van der Waals surface area contributed by atoms with Crippen LogP contribution in [0.3, 0.4) is 0 Å². The van der Waals surface area contributed by atoms with Gasteiger partial charge in [0.25, 0.3) is 11.8 Å². The van der Waals surface area contributed by atoms with Gasteiger partial charge in [-0.1, -0.05) is 12.1 Å². The minimum absolute atomic E-state index is 0.152. The molecule has 0 atom stereocenters. The van der Waals surface area contributed by atoms with Crippen LogP contribution in [0.25, 0.3) is 6.08 Å². The molecule has 1 aliphatic heterocycles. The molecule has 3 rings (SSSR count). The molecule has 0 saturated carbocycles. The zero-order valence-corrected chi connectivity index (χ0v) is 12.6. The van der Waals surface area contributed by atoms with Gasteiger partial charge in [0, 0.05) is 0 Å². The molecule has 1 N–H and O–H groups in total. The van der Waals surface area contributed by atoms with Crippen molar-refractivity contribution < 1.29 is 18.8 Å². The van der Waals surface area contributed by atoms with Crippen molar-refractivity contribution in [3.8, 4) is 0 Å². The van der Waals surface area contributed by atoms with Crippen molar-refractivity contribution in [2.45, 2.75) is 13.8 Å². The lowest BCUT2D eigenvalue weighted by molar-refractivity contribution is -0.122. The number of furan rings is 1. The number of carbonyl (C=O) groups is 3. The largest absolute Gasteiger partial charge is 0.462 e. The van der Waals surface area contributed by atoms with Crippen LogP contribution in [0.4, 0.5) is 10.5 Å². The van der Waals surface area contributed by atoms with Crippen molar-refractivity contribution in [2.75, 3.05) is 4.90 Å². The Kier molecular flexibility index (Phi) is 3.57. The highest BCUT2D eigenvalue weighted by Gasteiger charge is 2.37. The third kappa shape index (κ3) is 2.78. The van der Waals surface area contributed by atoms with E-state index in [-0.39, 0.29) is 5.57 Å². The highest BCUT2D eigenvalue weighted by atomic mass is 16.3. The second-order valence-corrected chi connectivity index (χ2v) is 5.25. The Morgan fingerprint density at radius 2 is 1.87 bits per heavy atom. The Bertz CT molecular complexity index is 848. The van der Waals surface area contributed by atoms with Crippen LogP contribution in [-0.4, -0.2) is 17.8 Å². The number of anilines is 1. The molecule has 0 radical (unpaired) electrons. The molecule has 0 aliphatic carbocycles. The van der Waals surface area contributed by atoms with Gasteiger partial charge < -0.3 is 4.42 Å². The van der Waals surface area contributed by atoms with Crippen LogP contribution in [0.15, 0.2) is 46.4 Å². The lowest BCUT2D eigenvalue weighted by Crippen LogP contribution is -2.54. The number of hydrogen-bond donors (Lipinski definition) is 1. The number of rotatable bonds is 2. The molecule has 116 valence electrons. The second-order valence-electron chi connectivity index (χ2n) is 5.25. The van der Waals surface area contributed by atoms with E-state index in [1.165, 1.54) is 6.08 Å². The predicted octanol–water partition coefficient (Wildman–Crippen LogP) is 2.56. The lowest BCUT2D eigenvalue weighted by atomic mass is 10.1. The minimum Gasteiger partial charge on any atom is -0.462 e. The SMILES string of the molecule is Cc1cccc(N2C(=O)NC(=O)/C(=C/c3ccc(C)o3)C2=O)c1. The Labute approximate surface area is 132 Å². The Morgan fingerprint density at radius 1 is 1.09 bits per heavy atom. The third-order valence-corrected chi connectivity index (χ3v) is 3.41. The van der Waals surface area contributed by atoms with Crippen LogP contribution < -0.4 is 10.2 Å². The molecule has 1 aliphatic rings. The summed E-state index contributed by atoms with van der Waals surface area (Å²) in [6, 6.07) is 9.52. The van der Waals surface area contributed by atoms with E-state index in [9.17, 15) is 14.4 Å². The van der Waals surface area contributed by atoms with E-state index in [4.69, 9.17) is 4.42 Å². The van der Waals surface area contributed by atoms with E-state index < -0.39 is 17.8 Å². The number of barbiturate groups is 1. The molecular formula is C17H14N2O4. The van der Waals surface area contributed by atoms with Crippen LogP contribution >= 0.6 is 0 Å². The van der Waals surface area contributed by atoms with E-state index in [0.717, 1.165) is 10.5 Å². The maximum atomic E-state index is 12.6. The molecule has 23 heavy (non-hydrogen) atoms. The smallest absolute Gasteiger partial charge is 0.335 e. The molecule has 2 heterocycles. The first-order valence-corrected chi connectivity index (χ1v) is 7.00. The van der Waals surface area contributed by atoms with Gasteiger partial charge in [0.05, 0.1) is 5.69 Å². The van der Waals surface area contributed by atoms with E-state index >= 15 is 0 Å². The molecule has 1 aromatic heterocycles. The highest BCUT2D eigenvalue weighted by Crippen LogP contribution is 2.23. The summed E-state index contributed by atoms with van der Waals surface area (Å²) in [5, 5.41) is 2.17. The van der Waals surface area contributed by atoms with E-state index in [2.05, 4.69) is 5.32 Å². The maximum Gasteiger partial charge on any atom is 0.335 e. The highest BCUT2D eigenvalue weighted by molar-refractivity contribution is 6.39. The van der Waals surface area contributed by atoms with Gasteiger partial charge in [0.2, 0.25) is 0 Å². The zero-order chi connectivity index (χ0) is 16.6. The molecule has 4 amide bonds. The molecule has 1 saturated heterocycles. The molecule has 6 heteroatoms. The van der Waals surface area contributed by atoms with Crippen molar-refractivity contribution in [3.63, 3.8) is 0 Å². The average Bonchev–Trinajstić information content (AvgIpc) is 2.89. The summed E-state index contributed by atoms with van der Waals surface area (Å²) in [5.41, 5.74) is 1.15. The fraction of sp³-hybridized carbons (Fsp3) is 0.118. The van der Waals surface area contributed by atoms with E-state index in [1.54, 1.807) is 37.3 Å². The summed E-state index contributed by atoms with van der Waals surface area (Å²) in [5.74, 6) is -0.386. The summed E-state index contributed by atoms with van der Waals surface area (Å²) in [6.07, 6.45) is 1.33. The zero-order valence-electron chi connectivity index (χ0n) is 12.6. The Balaban J connectivity index is 2.02. The average molecular weight is 310 g/mol. The number of benzene rings is 1. The normalized spacial score (nSPS) is 16.9. The quantitative estimate of drug-likeness (QED) is 0.683. The topological polar surface area (TPSA) is 79.6 Å². The Hall–Kier alpha value is -3.15. The van der Waals surface area contributed by atoms with Gasteiger partial charge in [-0.2, -0.15) is 0 Å². The van der Waals surface area contributed by atoms with E-state index in [0.29, 0.717) is 17.2 Å². The third-order valence-electron chi connectivity index (χ3n) is 3.41. The summed E-state index contributed by atoms with van der Waals surface area (Å²) < 4.78 is 5.36. The summed E-state index contributed by atoms with van der Waals surface area (Å²) in [4.78, 5) is 37.6. The number of aryl methyl sites for hydroxylation is 2. The fourth-order valence-electron chi connectivity index (χ4n) is 2.33. The molecular weight excluding hydrogens is 296 g/mol. The number of carbonyl (C=O) groups excluding carboxylic acids is 3. The number of amides is 4. The first-order valence-electron chi connectivity index (χ1n) is 7.00. The second kappa shape index (κ2) is 5.57. The standard InChI is InChI=1S/C17H14N2O4/c1-10-4-3-5-12(8-10)19-16(21)14(15(20)18-17(19)22)9-13-7-6-11(2)23-13/h3-9H,1-2H3,(H,18,20,22)/b14-9-. The monoisotopic (exact) mass is 310 g/mol. The van der Waals surface area contributed by atoms with Crippen molar-refractivity contribution >= 4 is 29.6 Å². The minimum atomic E-state index is -0.765. The van der Waals surface area contributed by atoms with Crippen molar-refractivity contribution in [1.82, 2.24) is 5.32 Å². The fourth-order valence-corrected chi connectivity index (χ4v) is 2.33. The van der Waals surface area contributed by atoms with Gasteiger partial charge in [0.1, 0.15) is 17.1 Å². The first kappa shape index (κ1) is 14.8. The van der Waals surface area contributed by atoms with Crippen molar-refractivity contribution in [3.05, 3.63) is 59.1 Å². The molecule has 6 nitrogen and oxygen atoms in total. The van der Waals surface area contributed by atoms with Crippen molar-refractivity contribution in [2.24, 2.45) is 0 Å². The summed E-state index contributed by atoms with van der Waals surface area (Å²) in [7, 11) is 0. The molecule has 2 aromatic rings. The van der Waals surface area contributed by atoms with Gasteiger partial charge in [-0.25, -0.2) is 9.69 Å². The predicted molar refractivity (Wildman–Crippen MR) is 83.6 cm³/mol. The summed E-state index contributed by atoms with van der Waals surface area (Å²) >= 11 is 0. The first-order chi connectivity index (χ1) is 11.0. The van der Waals surface area contributed by atoms with Gasteiger partial charge in [-0.3, -0.25) is 14.9 Å². The van der Waals surface area contributed by atoms with Gasteiger partial charge in [-0.05, 0) is 49.8 Å². The number of hydrogen-bond acceptors (Lipinski definition) is 4. The Morgan fingerprint density at radius 3 is 2.52 bits per heavy atom. The molecule has 1 aromatic carbocycles. The number of urea groups is 1. The number of nitrogens with zero attached hydrogens (tertiary/aromatic N) is 1. The number of imide groups is 2.